The van der Waals surface area contributed by atoms with Crippen molar-refractivity contribution in [3.63, 3.8) is 0 Å². The smallest absolute Gasteiger partial charge is 0.271 e. The molecule has 0 aliphatic heterocycles. The van der Waals surface area contributed by atoms with E-state index in [4.69, 9.17) is 0 Å². The average Bonchev–Trinajstić information content (AvgIpc) is 2.60. The van der Waals surface area contributed by atoms with E-state index < -0.39 is 16.6 Å². The first kappa shape index (κ1) is 20.7. The van der Waals surface area contributed by atoms with E-state index in [1.54, 1.807) is 0 Å². The van der Waals surface area contributed by atoms with Crippen LogP contribution in [0.1, 0.15) is 96.8 Å². The van der Waals surface area contributed by atoms with E-state index in [-0.39, 0.29) is 5.69 Å². The van der Waals surface area contributed by atoms with Gasteiger partial charge in [-0.05, 0) is 6.42 Å². The van der Waals surface area contributed by atoms with Crippen LogP contribution < -0.4 is 16.2 Å². The molecule has 0 heterocycles. The van der Waals surface area contributed by atoms with Gasteiger partial charge in [-0.1, -0.05) is 90.4 Å². The number of unbranched alkanes of at least 4 members (excludes halogenated alkanes) is 13. The molecule has 0 saturated heterocycles. The number of aromatic hydroxyl groups is 1. The monoisotopic (exact) mass is 337 g/mol. The first-order valence-electron chi connectivity index (χ1n) is 9.94. The molecule has 24 heavy (non-hydrogen) atoms. The van der Waals surface area contributed by atoms with Crippen molar-refractivity contribution in [1.82, 2.24) is 0 Å². The van der Waals surface area contributed by atoms with Gasteiger partial charge in [-0.25, -0.2) is 0 Å². The highest BCUT2D eigenvalue weighted by Gasteiger charge is 2.18. The molecule has 0 aromatic heterocycles. The second kappa shape index (κ2) is 13.0. The molecule has 138 valence electrons. The molecule has 4 nitrogen and oxygen atoms in total. The summed E-state index contributed by atoms with van der Waals surface area (Å²) in [7, 11) is 0. The lowest BCUT2D eigenvalue weighted by atomic mass is 10.0. The summed E-state index contributed by atoms with van der Waals surface area (Å²) in [6.07, 6.45) is 18.4. The number of hydrogen-bond donors (Lipinski definition) is 2. The summed E-state index contributed by atoms with van der Waals surface area (Å²) in [6.45, 7) is 2.91. The molecule has 0 aliphatic rings. The van der Waals surface area contributed by atoms with Gasteiger partial charge in [-0.3, -0.25) is 9.59 Å². The van der Waals surface area contributed by atoms with Crippen LogP contribution in [-0.4, -0.2) is 11.7 Å². The summed E-state index contributed by atoms with van der Waals surface area (Å²) in [5.41, 5.74) is -1.24. The minimum Gasteiger partial charge on any atom is -0.502 e. The van der Waals surface area contributed by atoms with Gasteiger partial charge in [-0.15, -0.1) is 0 Å². The fourth-order valence-electron chi connectivity index (χ4n) is 3.08. The number of nitrogens with one attached hydrogen (secondary N) is 1. The Kier molecular flexibility index (Phi) is 11.2. The van der Waals surface area contributed by atoms with Crippen molar-refractivity contribution in [3.05, 3.63) is 20.4 Å². The Morgan fingerprint density at radius 1 is 0.667 bits per heavy atom. The molecule has 1 rings (SSSR count). The van der Waals surface area contributed by atoms with Crippen LogP contribution in [0.25, 0.3) is 0 Å². The maximum atomic E-state index is 11.1. The molecule has 0 spiro atoms. The van der Waals surface area contributed by atoms with Crippen molar-refractivity contribution in [2.45, 2.75) is 96.8 Å². The Morgan fingerprint density at radius 3 is 1.50 bits per heavy atom. The van der Waals surface area contributed by atoms with Crippen molar-refractivity contribution in [1.29, 1.82) is 0 Å². The van der Waals surface area contributed by atoms with Gasteiger partial charge in [0.1, 0.15) is 5.69 Å². The Balaban J connectivity index is 1.78. The fourth-order valence-corrected chi connectivity index (χ4v) is 3.08. The largest absolute Gasteiger partial charge is 0.502 e. The average molecular weight is 338 g/mol. The van der Waals surface area contributed by atoms with Crippen LogP contribution >= 0.6 is 0 Å². The van der Waals surface area contributed by atoms with E-state index >= 15 is 0 Å². The van der Waals surface area contributed by atoms with Crippen molar-refractivity contribution in [3.8, 4) is 5.75 Å². The predicted octanol–water partition coefficient (Wildman–Crippen LogP) is 4.88. The van der Waals surface area contributed by atoms with Crippen LogP contribution in [0.15, 0.2) is 9.59 Å². The third kappa shape index (κ3) is 7.98. The van der Waals surface area contributed by atoms with E-state index in [0.717, 1.165) is 12.8 Å². The molecule has 1 aromatic rings. The zero-order valence-electron chi connectivity index (χ0n) is 15.4. The Morgan fingerprint density at radius 2 is 1.08 bits per heavy atom. The summed E-state index contributed by atoms with van der Waals surface area (Å²) in [4.78, 5) is 22.0. The molecule has 0 aliphatic carbocycles. The van der Waals surface area contributed by atoms with Crippen LogP contribution in [0.2, 0.25) is 0 Å². The third-order valence-electron chi connectivity index (χ3n) is 4.72. The Bertz CT molecular complexity index is 503. The molecule has 2 N–H and O–H groups in total. The minimum atomic E-state index is -0.765. The maximum absolute atomic E-state index is 11.1. The second-order valence-electron chi connectivity index (χ2n) is 6.90. The number of hydrogen-bond acceptors (Lipinski definition) is 4. The number of rotatable bonds is 16. The van der Waals surface area contributed by atoms with Gasteiger partial charge in [0, 0.05) is 6.54 Å². The van der Waals surface area contributed by atoms with Crippen LogP contribution in [0.3, 0.4) is 0 Å². The van der Waals surface area contributed by atoms with E-state index in [2.05, 4.69) is 12.2 Å². The molecule has 0 bridgehead atoms. The summed E-state index contributed by atoms with van der Waals surface area (Å²) >= 11 is 0. The van der Waals surface area contributed by atoms with Gasteiger partial charge in [0.05, 0.1) is 0 Å². The quantitative estimate of drug-likeness (QED) is 0.333. The van der Waals surface area contributed by atoms with E-state index in [9.17, 15) is 14.7 Å². The summed E-state index contributed by atoms with van der Waals surface area (Å²) < 4.78 is 0. The van der Waals surface area contributed by atoms with Crippen LogP contribution in [0, 0.1) is 0 Å². The van der Waals surface area contributed by atoms with E-state index in [0.29, 0.717) is 6.54 Å². The fraction of sp³-hybridized carbons (Fsp3) is 0.800. The van der Waals surface area contributed by atoms with Gasteiger partial charge < -0.3 is 10.4 Å². The molecule has 0 amide bonds. The van der Waals surface area contributed by atoms with Crippen molar-refractivity contribution in [2.24, 2.45) is 0 Å². The lowest BCUT2D eigenvalue weighted by Crippen LogP contribution is -2.33. The summed E-state index contributed by atoms with van der Waals surface area (Å²) in [5, 5.41) is 12.1. The topological polar surface area (TPSA) is 66.4 Å². The predicted molar refractivity (Wildman–Crippen MR) is 102 cm³/mol. The first-order valence-corrected chi connectivity index (χ1v) is 9.94. The molecule has 0 fully saturated rings. The van der Waals surface area contributed by atoms with Gasteiger partial charge in [-0.2, -0.15) is 0 Å². The molecule has 1 aromatic carbocycles. The molecular weight excluding hydrogens is 302 g/mol. The van der Waals surface area contributed by atoms with Gasteiger partial charge >= 0.3 is 0 Å². The van der Waals surface area contributed by atoms with Crippen LogP contribution in [0.4, 0.5) is 5.69 Å². The zero-order chi connectivity index (χ0) is 17.6. The second-order valence-corrected chi connectivity index (χ2v) is 6.90. The van der Waals surface area contributed by atoms with Crippen molar-refractivity contribution in [2.75, 3.05) is 11.9 Å². The Labute approximate surface area is 146 Å². The van der Waals surface area contributed by atoms with Crippen molar-refractivity contribution < 1.29 is 5.11 Å². The molecule has 0 saturated carbocycles. The van der Waals surface area contributed by atoms with Gasteiger partial charge in [0.25, 0.3) is 10.9 Å². The molecule has 0 unspecified atom stereocenters. The van der Waals surface area contributed by atoms with Gasteiger partial charge in [0.15, 0.2) is 5.75 Å². The minimum absolute atomic E-state index is 0.106. The van der Waals surface area contributed by atoms with E-state index in [1.807, 2.05) is 0 Å². The highest BCUT2D eigenvalue weighted by Crippen LogP contribution is 2.15. The zero-order valence-corrected chi connectivity index (χ0v) is 15.4. The van der Waals surface area contributed by atoms with Crippen molar-refractivity contribution >= 4 is 5.69 Å². The SMILES string of the molecule is CCCCCCCCCCCCCCCCNc1c(O)c(=O)c1=O. The molecule has 4 heteroatoms. The lowest BCUT2D eigenvalue weighted by Gasteiger charge is -2.08. The van der Waals surface area contributed by atoms with Gasteiger partial charge in [0.2, 0.25) is 0 Å². The third-order valence-corrected chi connectivity index (χ3v) is 4.72. The van der Waals surface area contributed by atoms with Crippen LogP contribution in [0.5, 0.6) is 5.75 Å². The summed E-state index contributed by atoms with van der Waals surface area (Å²) in [5.74, 6) is -0.398. The summed E-state index contributed by atoms with van der Waals surface area (Å²) in [6, 6.07) is 0. The molecule has 0 radical (unpaired) electrons. The lowest BCUT2D eigenvalue weighted by molar-refractivity contribution is 0.465. The van der Waals surface area contributed by atoms with Crippen LogP contribution in [-0.2, 0) is 0 Å². The highest BCUT2D eigenvalue weighted by atomic mass is 16.3. The Hall–Kier alpha value is -1.32. The highest BCUT2D eigenvalue weighted by molar-refractivity contribution is 5.60. The van der Waals surface area contributed by atoms with E-state index in [1.165, 1.54) is 77.0 Å². The maximum Gasteiger partial charge on any atom is 0.271 e. The first-order chi connectivity index (χ1) is 11.7. The number of anilines is 1. The normalized spacial score (nSPS) is 11.2. The molecular formula is C20H35NO3. The molecule has 0 atom stereocenters. The standard InChI is InChI=1S/C20H35NO3/c1-2-3-4-5-6-7-8-9-10-11-12-13-14-15-16-21-17-18(22)20(24)19(17)23/h21-22H,2-16H2,1H3.